The molecule has 0 radical (unpaired) electrons. The number of carboxylic acids is 1. The van der Waals surface area contributed by atoms with E-state index in [0.717, 1.165) is 22.1 Å². The van der Waals surface area contributed by atoms with Crippen LogP contribution in [0.25, 0.3) is 0 Å². The van der Waals surface area contributed by atoms with Crippen molar-refractivity contribution in [3.8, 4) is 0 Å². The third kappa shape index (κ3) is 2.28. The molecule has 0 saturated heterocycles. The molecular weight excluding hydrogens is 220 g/mol. The highest BCUT2D eigenvalue weighted by molar-refractivity contribution is 7.16. The largest absolute Gasteiger partial charge is 0.481 e. The summed E-state index contributed by atoms with van der Waals surface area (Å²) in [6.45, 7) is 0. The van der Waals surface area contributed by atoms with Crippen LogP contribution >= 0.6 is 22.9 Å². The van der Waals surface area contributed by atoms with Gasteiger partial charge >= 0.3 is 5.97 Å². The van der Waals surface area contributed by atoms with Crippen LogP contribution in [-0.4, -0.2) is 11.1 Å². The van der Waals surface area contributed by atoms with E-state index in [1.807, 2.05) is 12.1 Å². The van der Waals surface area contributed by atoms with Crippen molar-refractivity contribution in [2.75, 3.05) is 0 Å². The number of hydrogen-bond donors (Lipinski definition) is 1. The van der Waals surface area contributed by atoms with Gasteiger partial charge in [0.1, 0.15) is 0 Å². The van der Waals surface area contributed by atoms with Gasteiger partial charge in [-0.2, -0.15) is 0 Å². The minimum atomic E-state index is -0.669. The third-order valence-corrected chi connectivity index (χ3v) is 3.81. The zero-order valence-corrected chi connectivity index (χ0v) is 9.14. The number of carboxylic acid groups (broad SMARTS) is 1. The summed E-state index contributed by atoms with van der Waals surface area (Å²) in [5.74, 6) is -0.477. The zero-order valence-electron chi connectivity index (χ0n) is 7.57. The molecule has 14 heavy (non-hydrogen) atoms. The van der Waals surface area contributed by atoms with Gasteiger partial charge in [-0.3, -0.25) is 4.79 Å². The molecule has 1 aliphatic carbocycles. The number of rotatable bonds is 4. The molecule has 76 valence electrons. The first-order valence-corrected chi connectivity index (χ1v) is 5.83. The lowest BCUT2D eigenvalue weighted by atomic mass is 9.99. The maximum atomic E-state index is 11.0. The number of thiophene rings is 1. The lowest BCUT2D eigenvalue weighted by Crippen LogP contribution is -2.17. The van der Waals surface area contributed by atoms with Crippen molar-refractivity contribution >= 4 is 28.9 Å². The molecule has 0 aliphatic heterocycles. The predicted octanol–water partition coefficient (Wildman–Crippen LogP) is 3.05. The average Bonchev–Trinajstić information content (AvgIpc) is 2.86. The van der Waals surface area contributed by atoms with Crippen LogP contribution in [0, 0.1) is 11.8 Å². The minimum absolute atomic E-state index is 0.204. The Morgan fingerprint density at radius 2 is 2.36 bits per heavy atom. The van der Waals surface area contributed by atoms with E-state index in [-0.39, 0.29) is 5.92 Å². The third-order valence-electron chi connectivity index (χ3n) is 2.56. The monoisotopic (exact) mass is 230 g/mol. The molecule has 2 rings (SSSR count). The van der Waals surface area contributed by atoms with Gasteiger partial charge in [0, 0.05) is 4.88 Å². The molecule has 1 heterocycles. The van der Waals surface area contributed by atoms with Crippen molar-refractivity contribution in [2.24, 2.45) is 11.8 Å². The molecule has 1 aromatic rings. The number of hydrogen-bond acceptors (Lipinski definition) is 2. The van der Waals surface area contributed by atoms with Crippen LogP contribution in [0.15, 0.2) is 12.1 Å². The second kappa shape index (κ2) is 3.91. The smallest absolute Gasteiger partial charge is 0.307 e. The summed E-state index contributed by atoms with van der Waals surface area (Å²) >= 11 is 7.27. The Kier molecular flexibility index (Phi) is 2.79. The van der Waals surface area contributed by atoms with Gasteiger partial charge in [0.2, 0.25) is 0 Å². The summed E-state index contributed by atoms with van der Waals surface area (Å²) in [5, 5.41) is 9.02. The summed E-state index contributed by atoms with van der Waals surface area (Å²) in [5.41, 5.74) is 0. The van der Waals surface area contributed by atoms with E-state index in [0.29, 0.717) is 12.3 Å². The first-order valence-electron chi connectivity index (χ1n) is 4.64. The van der Waals surface area contributed by atoms with Gasteiger partial charge < -0.3 is 5.11 Å². The van der Waals surface area contributed by atoms with Crippen LogP contribution in [0.5, 0.6) is 0 Å². The molecule has 0 aromatic carbocycles. The van der Waals surface area contributed by atoms with Crippen molar-refractivity contribution in [3.63, 3.8) is 0 Å². The minimum Gasteiger partial charge on any atom is -0.481 e. The molecule has 1 aromatic heterocycles. The molecule has 1 fully saturated rings. The first-order chi connectivity index (χ1) is 6.66. The second-order valence-corrected chi connectivity index (χ2v) is 5.49. The van der Waals surface area contributed by atoms with Crippen LogP contribution < -0.4 is 0 Å². The number of aliphatic carboxylic acids is 1. The topological polar surface area (TPSA) is 37.3 Å². The van der Waals surface area contributed by atoms with Crippen molar-refractivity contribution in [1.29, 1.82) is 0 Å². The number of halogens is 1. The van der Waals surface area contributed by atoms with Crippen LogP contribution in [-0.2, 0) is 11.2 Å². The van der Waals surface area contributed by atoms with Gasteiger partial charge in [0.15, 0.2) is 0 Å². The maximum absolute atomic E-state index is 11.0. The lowest BCUT2D eigenvalue weighted by molar-refractivity contribution is -0.142. The Hall–Kier alpha value is -0.540. The molecule has 1 N–H and O–H groups in total. The van der Waals surface area contributed by atoms with Gasteiger partial charge in [-0.15, -0.1) is 11.3 Å². The molecule has 0 bridgehead atoms. The molecule has 1 saturated carbocycles. The fourth-order valence-corrected chi connectivity index (χ4v) is 2.78. The molecule has 0 amide bonds. The average molecular weight is 231 g/mol. The fraction of sp³-hybridized carbons (Fsp3) is 0.500. The van der Waals surface area contributed by atoms with E-state index < -0.39 is 5.97 Å². The van der Waals surface area contributed by atoms with E-state index in [4.69, 9.17) is 16.7 Å². The Labute approximate surface area is 91.5 Å². The summed E-state index contributed by atoms with van der Waals surface area (Å²) in [4.78, 5) is 12.0. The molecule has 1 atom stereocenters. The van der Waals surface area contributed by atoms with Crippen LogP contribution in [0.4, 0.5) is 0 Å². The summed E-state index contributed by atoms with van der Waals surface area (Å²) in [6.07, 6.45) is 2.77. The zero-order chi connectivity index (χ0) is 10.1. The van der Waals surface area contributed by atoms with E-state index in [1.165, 1.54) is 11.3 Å². The van der Waals surface area contributed by atoms with E-state index >= 15 is 0 Å². The molecule has 1 unspecified atom stereocenters. The van der Waals surface area contributed by atoms with E-state index in [1.54, 1.807) is 0 Å². The highest BCUT2D eigenvalue weighted by Gasteiger charge is 2.36. The highest BCUT2D eigenvalue weighted by Crippen LogP contribution is 2.39. The SMILES string of the molecule is O=C(O)C(Cc1ccc(Cl)s1)C1CC1. The van der Waals surface area contributed by atoms with Crippen LogP contribution in [0.3, 0.4) is 0 Å². The Bertz CT molecular complexity index is 344. The summed E-state index contributed by atoms with van der Waals surface area (Å²) < 4.78 is 0.736. The van der Waals surface area contributed by atoms with Gasteiger partial charge in [0.05, 0.1) is 10.3 Å². The van der Waals surface area contributed by atoms with Gasteiger partial charge in [-0.1, -0.05) is 11.6 Å². The Balaban J connectivity index is 2.03. The van der Waals surface area contributed by atoms with Crippen molar-refractivity contribution in [3.05, 3.63) is 21.3 Å². The summed E-state index contributed by atoms with van der Waals surface area (Å²) in [6, 6.07) is 3.75. The van der Waals surface area contributed by atoms with E-state index in [9.17, 15) is 4.79 Å². The summed E-state index contributed by atoms with van der Waals surface area (Å²) in [7, 11) is 0. The van der Waals surface area contributed by atoms with Crippen LogP contribution in [0.2, 0.25) is 4.34 Å². The van der Waals surface area contributed by atoms with Gasteiger partial charge in [0.25, 0.3) is 0 Å². The lowest BCUT2D eigenvalue weighted by Gasteiger charge is -2.08. The van der Waals surface area contributed by atoms with Crippen molar-refractivity contribution in [1.82, 2.24) is 0 Å². The Morgan fingerprint density at radius 3 is 2.79 bits per heavy atom. The quantitative estimate of drug-likeness (QED) is 0.863. The normalized spacial score (nSPS) is 18.1. The fourth-order valence-electron chi connectivity index (χ4n) is 1.63. The molecule has 4 heteroatoms. The van der Waals surface area contributed by atoms with Gasteiger partial charge in [-0.25, -0.2) is 0 Å². The maximum Gasteiger partial charge on any atom is 0.307 e. The predicted molar refractivity (Wildman–Crippen MR) is 56.9 cm³/mol. The van der Waals surface area contributed by atoms with Gasteiger partial charge in [-0.05, 0) is 37.3 Å². The molecule has 1 aliphatic rings. The van der Waals surface area contributed by atoms with Crippen molar-refractivity contribution < 1.29 is 9.90 Å². The molecule has 2 nitrogen and oxygen atoms in total. The molecular formula is C10H11ClO2S. The standard InChI is InChI=1S/C10H11ClO2S/c11-9-4-3-7(14-9)5-8(10(12)13)6-1-2-6/h3-4,6,8H,1-2,5H2,(H,12,13). The highest BCUT2D eigenvalue weighted by atomic mass is 35.5. The second-order valence-electron chi connectivity index (χ2n) is 3.69. The Morgan fingerprint density at radius 1 is 1.64 bits per heavy atom. The van der Waals surface area contributed by atoms with E-state index in [2.05, 4.69) is 0 Å². The first kappa shape index (κ1) is 9.99. The van der Waals surface area contributed by atoms with Crippen LogP contribution in [0.1, 0.15) is 17.7 Å². The van der Waals surface area contributed by atoms with Crippen molar-refractivity contribution in [2.45, 2.75) is 19.3 Å². The molecule has 0 spiro atoms. The number of carbonyl (C=O) groups is 1.